The van der Waals surface area contributed by atoms with E-state index in [9.17, 15) is 0 Å². The summed E-state index contributed by atoms with van der Waals surface area (Å²) in [6.07, 6.45) is 26.6. The van der Waals surface area contributed by atoms with Crippen LogP contribution in [0.4, 0.5) is 0 Å². The first kappa shape index (κ1) is 35.8. The molecule has 0 saturated carbocycles. The Kier molecular flexibility index (Phi) is 16.1. The molecule has 4 rings (SSSR count). The third-order valence-corrected chi connectivity index (χ3v) is 10.4. The Morgan fingerprint density at radius 2 is 0.800 bits per heavy atom. The van der Waals surface area contributed by atoms with Gasteiger partial charge in [-0.1, -0.05) is 170 Å². The third kappa shape index (κ3) is 11.9. The number of benzene rings is 3. The Labute approximate surface area is 290 Å². The number of unbranched alkanes of at least 4 members (excludes halogenated alkanes) is 17. The van der Waals surface area contributed by atoms with Crippen molar-refractivity contribution in [1.82, 2.24) is 9.97 Å². The molecule has 0 spiro atoms. The van der Waals surface area contributed by atoms with Crippen LogP contribution in [0.1, 0.15) is 134 Å². The molecular formula is C41H54Br2N2. The predicted octanol–water partition coefficient (Wildman–Crippen LogP) is 14.4. The fourth-order valence-corrected chi connectivity index (χ4v) is 7.06. The standard InChI is InChI=1S/C41H54Br2N2/c1-3-4-5-6-7-8-9-10-11-12-13-14-15-16-17-18-19-20-21-33-24-28-35(29-25-33)39-38(34-26-22-32(2)23-27-34)44-40-36(42)30-31-37(43)41(40)45-39/h22-31H,3-21H2,1-2H3. The van der Waals surface area contributed by atoms with Crippen molar-refractivity contribution in [2.45, 2.75) is 136 Å². The van der Waals surface area contributed by atoms with Crippen molar-refractivity contribution in [2.75, 3.05) is 0 Å². The summed E-state index contributed by atoms with van der Waals surface area (Å²) in [7, 11) is 0. The van der Waals surface area contributed by atoms with Gasteiger partial charge in [-0.05, 0) is 69.3 Å². The molecule has 4 aromatic rings. The summed E-state index contributed by atoms with van der Waals surface area (Å²) in [5, 5.41) is 0. The van der Waals surface area contributed by atoms with Gasteiger partial charge in [0.15, 0.2) is 0 Å². The fourth-order valence-electron chi connectivity index (χ4n) is 6.25. The predicted molar refractivity (Wildman–Crippen MR) is 203 cm³/mol. The number of halogens is 2. The number of aromatic nitrogens is 2. The van der Waals surface area contributed by atoms with Gasteiger partial charge in [-0.15, -0.1) is 0 Å². The molecule has 0 saturated heterocycles. The highest BCUT2D eigenvalue weighted by molar-refractivity contribution is 9.11. The van der Waals surface area contributed by atoms with Gasteiger partial charge in [0.1, 0.15) is 11.0 Å². The van der Waals surface area contributed by atoms with Gasteiger partial charge in [0.2, 0.25) is 0 Å². The lowest BCUT2D eigenvalue weighted by atomic mass is 9.99. The van der Waals surface area contributed by atoms with Crippen molar-refractivity contribution in [1.29, 1.82) is 0 Å². The molecule has 0 unspecified atom stereocenters. The van der Waals surface area contributed by atoms with Crippen LogP contribution in [0.5, 0.6) is 0 Å². The lowest BCUT2D eigenvalue weighted by Gasteiger charge is -2.13. The summed E-state index contributed by atoms with van der Waals surface area (Å²) in [5.41, 5.74) is 8.41. The largest absolute Gasteiger partial charge is 0.243 e. The SMILES string of the molecule is CCCCCCCCCCCCCCCCCCCCc1ccc(-c2nc3c(Br)ccc(Br)c3nc2-c2ccc(C)cc2)cc1. The summed E-state index contributed by atoms with van der Waals surface area (Å²) in [6.45, 7) is 4.41. The van der Waals surface area contributed by atoms with Crippen molar-refractivity contribution in [3.05, 3.63) is 80.7 Å². The zero-order chi connectivity index (χ0) is 31.7. The molecule has 0 bridgehead atoms. The zero-order valence-corrected chi connectivity index (χ0v) is 31.0. The Bertz CT molecular complexity index is 1410. The van der Waals surface area contributed by atoms with Crippen molar-refractivity contribution in [3.63, 3.8) is 0 Å². The van der Waals surface area contributed by atoms with Crippen molar-refractivity contribution in [2.24, 2.45) is 0 Å². The van der Waals surface area contributed by atoms with Crippen LogP contribution in [0.3, 0.4) is 0 Å². The molecule has 0 aliphatic rings. The van der Waals surface area contributed by atoms with E-state index in [0.29, 0.717) is 0 Å². The first-order valence-corrected chi connectivity index (χ1v) is 19.5. The number of rotatable bonds is 21. The molecule has 45 heavy (non-hydrogen) atoms. The summed E-state index contributed by atoms with van der Waals surface area (Å²) in [4.78, 5) is 10.3. The average Bonchev–Trinajstić information content (AvgIpc) is 3.06. The molecule has 0 atom stereocenters. The van der Waals surface area contributed by atoms with Crippen LogP contribution in [0.15, 0.2) is 69.6 Å². The number of fused-ring (bicyclic) bond motifs is 1. The quantitative estimate of drug-likeness (QED) is 0.0797. The van der Waals surface area contributed by atoms with Crippen LogP contribution in [-0.4, -0.2) is 9.97 Å². The van der Waals surface area contributed by atoms with Gasteiger partial charge in [-0.2, -0.15) is 0 Å². The van der Waals surface area contributed by atoms with E-state index in [2.05, 4.69) is 94.2 Å². The molecule has 3 aromatic carbocycles. The lowest BCUT2D eigenvalue weighted by Crippen LogP contribution is -1.97. The minimum atomic E-state index is 0.870. The van der Waals surface area contributed by atoms with Crippen molar-refractivity contribution >= 4 is 42.9 Å². The summed E-state index contributed by atoms with van der Waals surface area (Å²) < 4.78 is 1.91. The Hall–Kier alpha value is -2.04. The topological polar surface area (TPSA) is 25.8 Å². The maximum atomic E-state index is 5.15. The molecule has 1 aromatic heterocycles. The van der Waals surface area contributed by atoms with Gasteiger partial charge < -0.3 is 0 Å². The van der Waals surface area contributed by atoms with Gasteiger partial charge in [0, 0.05) is 20.1 Å². The second-order valence-electron chi connectivity index (χ2n) is 13.0. The van der Waals surface area contributed by atoms with Crippen LogP contribution >= 0.6 is 31.9 Å². The Balaban J connectivity index is 1.16. The Morgan fingerprint density at radius 1 is 0.444 bits per heavy atom. The van der Waals surface area contributed by atoms with Crippen LogP contribution in [0.2, 0.25) is 0 Å². The normalized spacial score (nSPS) is 11.5. The molecule has 2 nitrogen and oxygen atoms in total. The minimum Gasteiger partial charge on any atom is -0.243 e. The average molecular weight is 735 g/mol. The zero-order valence-electron chi connectivity index (χ0n) is 27.9. The first-order chi connectivity index (χ1) is 22.1. The van der Waals surface area contributed by atoms with E-state index in [1.807, 2.05) is 12.1 Å². The van der Waals surface area contributed by atoms with Crippen molar-refractivity contribution < 1.29 is 0 Å². The second-order valence-corrected chi connectivity index (χ2v) is 14.7. The number of hydrogen-bond acceptors (Lipinski definition) is 2. The summed E-state index contributed by atoms with van der Waals surface area (Å²) in [6, 6.07) is 21.6. The molecule has 0 fully saturated rings. The molecule has 0 N–H and O–H groups in total. The molecule has 0 aliphatic carbocycles. The third-order valence-electron chi connectivity index (χ3n) is 9.10. The highest BCUT2D eigenvalue weighted by atomic mass is 79.9. The monoisotopic (exact) mass is 732 g/mol. The van der Waals surface area contributed by atoms with E-state index in [4.69, 9.17) is 9.97 Å². The smallest absolute Gasteiger partial charge is 0.105 e. The molecule has 0 radical (unpaired) electrons. The number of aryl methyl sites for hydroxylation is 2. The van der Waals surface area contributed by atoms with E-state index in [1.165, 1.54) is 127 Å². The second kappa shape index (κ2) is 20.3. The van der Waals surface area contributed by atoms with Crippen LogP contribution < -0.4 is 0 Å². The molecule has 4 heteroatoms. The van der Waals surface area contributed by atoms with Crippen LogP contribution in [-0.2, 0) is 6.42 Å². The van der Waals surface area contributed by atoms with Gasteiger partial charge in [-0.3, -0.25) is 0 Å². The molecular weight excluding hydrogens is 680 g/mol. The van der Waals surface area contributed by atoms with Crippen LogP contribution in [0.25, 0.3) is 33.5 Å². The number of nitrogens with zero attached hydrogens (tertiary/aromatic N) is 2. The van der Waals surface area contributed by atoms with Gasteiger partial charge in [-0.25, -0.2) is 9.97 Å². The minimum absolute atomic E-state index is 0.870. The Morgan fingerprint density at radius 3 is 1.20 bits per heavy atom. The molecule has 1 heterocycles. The van der Waals surface area contributed by atoms with E-state index in [0.717, 1.165) is 48.9 Å². The van der Waals surface area contributed by atoms with Gasteiger partial charge in [0.25, 0.3) is 0 Å². The molecule has 242 valence electrons. The first-order valence-electron chi connectivity index (χ1n) is 17.9. The van der Waals surface area contributed by atoms with E-state index < -0.39 is 0 Å². The van der Waals surface area contributed by atoms with Crippen LogP contribution in [0, 0.1) is 6.92 Å². The molecule has 0 amide bonds. The number of hydrogen-bond donors (Lipinski definition) is 0. The molecule has 0 aliphatic heterocycles. The van der Waals surface area contributed by atoms with E-state index in [1.54, 1.807) is 0 Å². The maximum absolute atomic E-state index is 5.15. The summed E-state index contributed by atoms with van der Waals surface area (Å²) in [5.74, 6) is 0. The van der Waals surface area contributed by atoms with Crippen molar-refractivity contribution in [3.8, 4) is 22.5 Å². The summed E-state index contributed by atoms with van der Waals surface area (Å²) >= 11 is 7.38. The highest BCUT2D eigenvalue weighted by Gasteiger charge is 2.16. The van der Waals surface area contributed by atoms with Gasteiger partial charge in [0.05, 0.1) is 11.4 Å². The van der Waals surface area contributed by atoms with Gasteiger partial charge >= 0.3 is 0 Å². The maximum Gasteiger partial charge on any atom is 0.105 e. The van der Waals surface area contributed by atoms with E-state index in [-0.39, 0.29) is 0 Å². The highest BCUT2D eigenvalue weighted by Crippen LogP contribution is 2.36. The fraction of sp³-hybridized carbons (Fsp3) is 0.512. The van der Waals surface area contributed by atoms with E-state index >= 15 is 0 Å². The lowest BCUT2D eigenvalue weighted by molar-refractivity contribution is 0.525.